The first-order valence-corrected chi connectivity index (χ1v) is 8.96. The van der Waals surface area contributed by atoms with E-state index in [1.54, 1.807) is 0 Å². The predicted octanol–water partition coefficient (Wildman–Crippen LogP) is 2.76. The van der Waals surface area contributed by atoms with E-state index in [-0.39, 0.29) is 17.2 Å². The highest BCUT2D eigenvalue weighted by Gasteiger charge is 2.41. The molecule has 2 heterocycles. The van der Waals surface area contributed by atoms with E-state index in [1.807, 2.05) is 11.0 Å². The summed E-state index contributed by atoms with van der Waals surface area (Å²) in [5.74, 6) is 0.793. The van der Waals surface area contributed by atoms with Crippen LogP contribution in [0.15, 0.2) is 24.8 Å². The van der Waals surface area contributed by atoms with Gasteiger partial charge in [-0.1, -0.05) is 18.2 Å². The highest BCUT2D eigenvalue weighted by molar-refractivity contribution is 5.79. The lowest BCUT2D eigenvalue weighted by Gasteiger charge is -2.47. The molecule has 23 heavy (non-hydrogen) atoms. The monoisotopic (exact) mass is 316 g/mol. The molecular weight excluding hydrogens is 288 g/mol. The van der Waals surface area contributed by atoms with Gasteiger partial charge in [0.25, 0.3) is 0 Å². The molecule has 126 valence electrons. The van der Waals surface area contributed by atoms with E-state index < -0.39 is 0 Å². The molecule has 3 aliphatic rings. The van der Waals surface area contributed by atoms with Crippen LogP contribution in [0.4, 0.5) is 0 Å². The first-order chi connectivity index (χ1) is 11.1. The summed E-state index contributed by atoms with van der Waals surface area (Å²) in [7, 11) is 0. The van der Waals surface area contributed by atoms with Gasteiger partial charge in [0.1, 0.15) is 0 Å². The fraction of sp³-hybridized carbons (Fsp3) is 0.684. The number of likely N-dealkylation sites (tertiary alicyclic amines) is 2. The highest BCUT2D eigenvalue weighted by atomic mass is 16.2. The number of hydrogen-bond acceptors (Lipinski definition) is 2. The summed E-state index contributed by atoms with van der Waals surface area (Å²) in [5, 5.41) is 0. The minimum Gasteiger partial charge on any atom is -0.342 e. The Morgan fingerprint density at radius 2 is 2.09 bits per heavy atom. The molecule has 0 radical (unpaired) electrons. The maximum Gasteiger partial charge on any atom is 0.226 e. The van der Waals surface area contributed by atoms with Crippen molar-refractivity contribution in [3.8, 4) is 0 Å². The average molecular weight is 316 g/mol. The van der Waals surface area contributed by atoms with Crippen molar-refractivity contribution in [2.75, 3.05) is 26.2 Å². The van der Waals surface area contributed by atoms with Crippen molar-refractivity contribution in [2.24, 2.45) is 11.3 Å². The molecule has 0 bridgehead atoms. The smallest absolute Gasteiger partial charge is 0.226 e. The summed E-state index contributed by atoms with van der Waals surface area (Å²) < 4.78 is 0. The number of piperidine rings is 2. The van der Waals surface area contributed by atoms with Gasteiger partial charge in [-0.3, -0.25) is 9.59 Å². The van der Waals surface area contributed by atoms with Crippen LogP contribution >= 0.6 is 0 Å². The van der Waals surface area contributed by atoms with Gasteiger partial charge >= 0.3 is 0 Å². The number of hydrogen-bond donors (Lipinski definition) is 0. The third-order valence-electron chi connectivity index (χ3n) is 5.85. The zero-order valence-electron chi connectivity index (χ0n) is 14.0. The number of carbonyl (C=O) groups is 2. The van der Waals surface area contributed by atoms with Crippen LogP contribution in [0.5, 0.6) is 0 Å². The van der Waals surface area contributed by atoms with Crippen molar-refractivity contribution < 1.29 is 9.59 Å². The topological polar surface area (TPSA) is 40.6 Å². The highest BCUT2D eigenvalue weighted by Crippen LogP contribution is 2.40. The van der Waals surface area contributed by atoms with Crippen molar-refractivity contribution in [1.82, 2.24) is 9.80 Å². The summed E-state index contributed by atoms with van der Waals surface area (Å²) in [6.45, 7) is 6.96. The number of amides is 2. The van der Waals surface area contributed by atoms with Crippen LogP contribution in [0.1, 0.15) is 44.9 Å². The lowest BCUT2D eigenvalue weighted by molar-refractivity contribution is -0.143. The molecule has 1 aliphatic carbocycles. The van der Waals surface area contributed by atoms with Gasteiger partial charge in [-0.2, -0.15) is 0 Å². The normalized spacial score (nSPS) is 27.3. The van der Waals surface area contributed by atoms with Crippen LogP contribution in [0.3, 0.4) is 0 Å². The van der Waals surface area contributed by atoms with E-state index in [9.17, 15) is 9.59 Å². The molecule has 2 fully saturated rings. The molecule has 1 atom stereocenters. The fourth-order valence-electron chi connectivity index (χ4n) is 4.31. The van der Waals surface area contributed by atoms with Gasteiger partial charge in [0.15, 0.2) is 0 Å². The Morgan fingerprint density at radius 1 is 1.30 bits per heavy atom. The molecule has 0 saturated carbocycles. The Labute approximate surface area is 139 Å². The summed E-state index contributed by atoms with van der Waals surface area (Å²) in [6, 6.07) is 0. The third kappa shape index (κ3) is 3.51. The second-order valence-corrected chi connectivity index (χ2v) is 7.37. The van der Waals surface area contributed by atoms with E-state index in [4.69, 9.17) is 0 Å². The van der Waals surface area contributed by atoms with Gasteiger partial charge in [-0.25, -0.2) is 0 Å². The molecule has 2 amide bonds. The minimum absolute atomic E-state index is 0.194. The van der Waals surface area contributed by atoms with E-state index in [0.29, 0.717) is 18.9 Å². The maximum atomic E-state index is 12.7. The van der Waals surface area contributed by atoms with Crippen LogP contribution in [-0.4, -0.2) is 47.8 Å². The van der Waals surface area contributed by atoms with Crippen molar-refractivity contribution in [2.45, 2.75) is 44.9 Å². The first-order valence-electron chi connectivity index (χ1n) is 8.96. The molecule has 0 N–H and O–H groups in total. The number of allylic oxidation sites excluding steroid dienone is 2. The van der Waals surface area contributed by atoms with E-state index in [1.165, 1.54) is 0 Å². The number of carbonyl (C=O) groups excluding carboxylic acids is 2. The third-order valence-corrected chi connectivity index (χ3v) is 5.85. The van der Waals surface area contributed by atoms with Gasteiger partial charge in [0.05, 0.1) is 0 Å². The fourth-order valence-corrected chi connectivity index (χ4v) is 4.31. The lowest BCUT2D eigenvalue weighted by atomic mass is 9.72. The quantitative estimate of drug-likeness (QED) is 0.751. The Morgan fingerprint density at radius 3 is 2.74 bits per heavy atom. The molecule has 4 nitrogen and oxygen atoms in total. The number of rotatable bonds is 3. The summed E-state index contributed by atoms with van der Waals surface area (Å²) in [4.78, 5) is 28.7. The largest absolute Gasteiger partial charge is 0.342 e. The van der Waals surface area contributed by atoms with Crippen LogP contribution in [-0.2, 0) is 9.59 Å². The molecule has 2 saturated heterocycles. The van der Waals surface area contributed by atoms with Crippen LogP contribution in [0, 0.1) is 11.3 Å². The molecule has 1 spiro atoms. The van der Waals surface area contributed by atoms with Gasteiger partial charge < -0.3 is 9.80 Å². The van der Waals surface area contributed by atoms with E-state index in [2.05, 4.69) is 23.6 Å². The molecular formula is C19H28N2O2. The zero-order valence-corrected chi connectivity index (χ0v) is 14.0. The van der Waals surface area contributed by atoms with Crippen LogP contribution < -0.4 is 0 Å². The van der Waals surface area contributed by atoms with Crippen molar-refractivity contribution >= 4 is 11.8 Å². The van der Waals surface area contributed by atoms with Gasteiger partial charge in [0.2, 0.25) is 11.8 Å². The Balaban J connectivity index is 1.57. The number of nitrogens with zero attached hydrogens (tertiary/aromatic N) is 2. The molecule has 0 unspecified atom stereocenters. The van der Waals surface area contributed by atoms with Crippen molar-refractivity contribution in [3.05, 3.63) is 24.8 Å². The van der Waals surface area contributed by atoms with Crippen molar-refractivity contribution in [1.29, 1.82) is 0 Å². The zero-order chi connectivity index (χ0) is 16.3. The molecule has 3 rings (SSSR count). The second kappa shape index (κ2) is 6.90. The van der Waals surface area contributed by atoms with Gasteiger partial charge in [-0.15, -0.1) is 6.58 Å². The first kappa shape index (κ1) is 16.3. The van der Waals surface area contributed by atoms with E-state index in [0.717, 1.165) is 58.2 Å². The summed E-state index contributed by atoms with van der Waals surface area (Å²) >= 11 is 0. The molecule has 0 aromatic heterocycles. The molecule has 2 aliphatic heterocycles. The van der Waals surface area contributed by atoms with Gasteiger partial charge in [-0.05, 0) is 43.9 Å². The lowest BCUT2D eigenvalue weighted by Crippen LogP contribution is -2.53. The average Bonchev–Trinajstić information content (AvgIpc) is 2.59. The SMILES string of the molecule is C=CCN1CC2(CCC1=O)CCN(C(=O)[C@H]1CC=CCC1)CC2. The summed E-state index contributed by atoms with van der Waals surface area (Å²) in [5.41, 5.74) is 0.222. The Hall–Kier alpha value is -1.58. The molecule has 4 heteroatoms. The Bertz CT molecular complexity index is 503. The van der Waals surface area contributed by atoms with Crippen LogP contribution in [0.25, 0.3) is 0 Å². The van der Waals surface area contributed by atoms with E-state index >= 15 is 0 Å². The second-order valence-electron chi connectivity index (χ2n) is 7.37. The van der Waals surface area contributed by atoms with Crippen molar-refractivity contribution in [3.63, 3.8) is 0 Å². The predicted molar refractivity (Wildman–Crippen MR) is 90.7 cm³/mol. The minimum atomic E-state index is 0.194. The van der Waals surface area contributed by atoms with Gasteiger partial charge in [0, 0.05) is 38.5 Å². The standard InChI is InChI=1S/C19H28N2O2/c1-2-12-21-15-19(9-8-17(21)22)10-13-20(14-11-19)18(23)16-6-4-3-5-7-16/h2-4,16H,1,5-15H2/t16-/m0/s1. The van der Waals surface area contributed by atoms with Crippen LogP contribution in [0.2, 0.25) is 0 Å². The Kier molecular flexibility index (Phi) is 4.88. The maximum absolute atomic E-state index is 12.7. The molecule has 0 aromatic carbocycles. The summed E-state index contributed by atoms with van der Waals surface area (Å²) in [6.07, 6.45) is 12.8. The molecule has 0 aromatic rings.